The van der Waals surface area contributed by atoms with E-state index in [1.807, 2.05) is 0 Å². The molecule has 0 fully saturated rings. The zero-order valence-electron chi connectivity index (χ0n) is 5.66. The van der Waals surface area contributed by atoms with Crippen LogP contribution in [0.25, 0.3) is 0 Å². The predicted octanol–water partition coefficient (Wildman–Crippen LogP) is 0.798. The van der Waals surface area contributed by atoms with Crippen molar-refractivity contribution in [1.29, 1.82) is 0 Å². The zero-order chi connectivity index (χ0) is 7.28. The number of rotatable bonds is 3. The first-order valence-electron chi connectivity index (χ1n) is 2.82. The maximum Gasteiger partial charge on any atom is 0.306 e. The van der Waals surface area contributed by atoms with E-state index < -0.39 is 5.97 Å². The Hall–Kier alpha value is -0.860. The zero-order valence-corrected chi connectivity index (χ0v) is 5.66. The molecule has 0 saturated heterocycles. The maximum atomic E-state index is 10.1. The first-order valence-corrected chi connectivity index (χ1v) is 2.82. The number of hydrogen-bond donors (Lipinski definition) is 1. The van der Waals surface area contributed by atoms with Gasteiger partial charge in [0.2, 0.25) is 0 Å². The van der Waals surface area contributed by atoms with Crippen LogP contribution >= 0.6 is 0 Å². The van der Waals surface area contributed by atoms with E-state index in [4.69, 9.17) is 5.11 Å². The molecule has 0 aliphatic rings. The lowest BCUT2D eigenvalue weighted by Gasteiger charge is -1.97. The van der Waals surface area contributed by atoms with Crippen LogP contribution in [-0.4, -0.2) is 24.3 Å². The van der Waals surface area contributed by atoms with Gasteiger partial charge >= 0.3 is 5.97 Å². The van der Waals surface area contributed by atoms with Crippen molar-refractivity contribution in [3.05, 3.63) is 0 Å². The molecule has 0 unspecified atom stereocenters. The van der Waals surface area contributed by atoms with Crippen molar-refractivity contribution >= 4 is 12.2 Å². The van der Waals surface area contributed by atoms with Crippen molar-refractivity contribution in [3.63, 3.8) is 0 Å². The Balaban J connectivity index is 3.50. The maximum absolute atomic E-state index is 10.1. The fourth-order valence-corrected chi connectivity index (χ4v) is 0.364. The summed E-state index contributed by atoms with van der Waals surface area (Å²) in [6.45, 7) is 1.66. The van der Waals surface area contributed by atoms with Crippen molar-refractivity contribution in [3.8, 4) is 0 Å². The van der Waals surface area contributed by atoms with Crippen LogP contribution in [-0.2, 0) is 4.79 Å². The Morgan fingerprint density at radius 1 is 1.89 bits per heavy atom. The number of hydrogen-bond acceptors (Lipinski definition) is 2. The Morgan fingerprint density at radius 2 is 2.44 bits per heavy atom. The quantitative estimate of drug-likeness (QED) is 0.573. The second-order valence-corrected chi connectivity index (χ2v) is 1.92. The van der Waals surface area contributed by atoms with Crippen molar-refractivity contribution in [2.24, 2.45) is 10.9 Å². The first-order chi connectivity index (χ1) is 4.18. The van der Waals surface area contributed by atoms with Gasteiger partial charge in [-0.05, 0) is 12.6 Å². The van der Waals surface area contributed by atoms with Gasteiger partial charge in [0, 0.05) is 7.05 Å². The van der Waals surface area contributed by atoms with Crippen LogP contribution in [0.1, 0.15) is 13.3 Å². The molecule has 0 saturated carbocycles. The highest BCUT2D eigenvalue weighted by molar-refractivity contribution is 5.74. The molecule has 0 heterocycles. The molecule has 0 bridgehead atoms. The average Bonchev–Trinajstić information content (AvgIpc) is 1.82. The van der Waals surface area contributed by atoms with E-state index >= 15 is 0 Å². The number of carbonyl (C=O) groups is 1. The van der Waals surface area contributed by atoms with Gasteiger partial charge in [-0.1, -0.05) is 6.92 Å². The molecule has 1 atom stereocenters. The molecule has 52 valence electrons. The van der Waals surface area contributed by atoms with Gasteiger partial charge in [0.05, 0.1) is 5.92 Å². The van der Waals surface area contributed by atoms with Gasteiger partial charge in [0.1, 0.15) is 0 Å². The Morgan fingerprint density at radius 3 is 2.78 bits per heavy atom. The van der Waals surface area contributed by atoms with Gasteiger partial charge in [-0.3, -0.25) is 4.79 Å². The fraction of sp³-hybridized carbons (Fsp3) is 0.667. The normalized spacial score (nSPS) is 14.0. The van der Waals surface area contributed by atoms with Gasteiger partial charge < -0.3 is 10.1 Å². The highest BCUT2D eigenvalue weighted by Crippen LogP contribution is 1.97. The highest BCUT2D eigenvalue weighted by atomic mass is 16.4. The van der Waals surface area contributed by atoms with E-state index in [0.717, 1.165) is 0 Å². The first kappa shape index (κ1) is 8.14. The molecule has 3 nitrogen and oxygen atoms in total. The van der Waals surface area contributed by atoms with Crippen LogP contribution < -0.4 is 0 Å². The van der Waals surface area contributed by atoms with Crippen molar-refractivity contribution in [2.45, 2.75) is 13.3 Å². The van der Waals surface area contributed by atoms with Crippen LogP contribution in [0.2, 0.25) is 0 Å². The minimum atomic E-state index is -0.769. The number of carboxylic acid groups (broad SMARTS) is 1. The van der Waals surface area contributed by atoms with Crippen molar-refractivity contribution in [2.75, 3.05) is 7.05 Å². The lowest BCUT2D eigenvalue weighted by atomic mass is 10.1. The van der Waals surface area contributed by atoms with E-state index in [1.54, 1.807) is 20.2 Å². The topological polar surface area (TPSA) is 49.7 Å². The second kappa shape index (κ2) is 4.06. The highest BCUT2D eigenvalue weighted by Gasteiger charge is 2.07. The monoisotopic (exact) mass is 129 g/mol. The Bertz CT molecular complexity index is 120. The molecular formula is C6H11NO2. The summed E-state index contributed by atoms with van der Waals surface area (Å²) in [7, 11) is 1.63. The second-order valence-electron chi connectivity index (χ2n) is 1.92. The third-order valence-electron chi connectivity index (χ3n) is 1.06. The van der Waals surface area contributed by atoms with Gasteiger partial charge in [-0.2, -0.15) is 0 Å². The third-order valence-corrected chi connectivity index (χ3v) is 1.06. The molecule has 0 spiro atoms. The fourth-order valence-electron chi connectivity index (χ4n) is 0.364. The SMILES string of the molecule is C/N=C/C[C@H](C)C(=O)O. The largest absolute Gasteiger partial charge is 0.481 e. The van der Waals surface area contributed by atoms with Crippen molar-refractivity contribution in [1.82, 2.24) is 0 Å². The standard InChI is InChI=1S/C6H11NO2/c1-5(6(8)9)3-4-7-2/h4-5H,3H2,1-2H3,(H,8,9)/b7-4+/t5-/m0/s1. The van der Waals surface area contributed by atoms with Gasteiger partial charge in [-0.15, -0.1) is 0 Å². The predicted molar refractivity (Wildman–Crippen MR) is 35.8 cm³/mol. The summed E-state index contributed by atoms with van der Waals surface area (Å²) >= 11 is 0. The van der Waals surface area contributed by atoms with Crippen LogP contribution in [0.5, 0.6) is 0 Å². The summed E-state index contributed by atoms with van der Waals surface area (Å²) in [5.41, 5.74) is 0. The molecule has 0 amide bonds. The number of aliphatic imine (C=N–C) groups is 1. The third kappa shape index (κ3) is 3.70. The molecule has 0 aromatic heterocycles. The van der Waals surface area contributed by atoms with E-state index in [-0.39, 0.29) is 5.92 Å². The summed E-state index contributed by atoms with van der Waals surface area (Å²) in [4.78, 5) is 13.8. The molecule has 0 aliphatic heterocycles. The summed E-state index contributed by atoms with van der Waals surface area (Å²) in [6.07, 6.45) is 2.13. The minimum absolute atomic E-state index is 0.311. The number of nitrogens with zero attached hydrogens (tertiary/aromatic N) is 1. The Kier molecular flexibility index (Phi) is 3.67. The van der Waals surface area contributed by atoms with Gasteiger partial charge in [-0.25, -0.2) is 0 Å². The molecule has 9 heavy (non-hydrogen) atoms. The van der Waals surface area contributed by atoms with Gasteiger partial charge in [0.25, 0.3) is 0 Å². The molecule has 1 N–H and O–H groups in total. The van der Waals surface area contributed by atoms with Crippen molar-refractivity contribution < 1.29 is 9.90 Å². The average molecular weight is 129 g/mol. The van der Waals surface area contributed by atoms with Crippen LogP contribution in [0.15, 0.2) is 4.99 Å². The molecular weight excluding hydrogens is 118 g/mol. The minimum Gasteiger partial charge on any atom is -0.481 e. The lowest BCUT2D eigenvalue weighted by Crippen LogP contribution is -2.09. The summed E-state index contributed by atoms with van der Waals surface area (Å²) in [5.74, 6) is -1.08. The lowest BCUT2D eigenvalue weighted by molar-refractivity contribution is -0.140. The summed E-state index contributed by atoms with van der Waals surface area (Å²) in [5, 5.41) is 8.35. The molecule has 3 heteroatoms. The number of aliphatic carboxylic acids is 1. The summed E-state index contributed by atoms with van der Waals surface area (Å²) in [6, 6.07) is 0. The molecule has 0 radical (unpaired) electrons. The van der Waals surface area contributed by atoms with E-state index in [1.165, 1.54) is 0 Å². The van der Waals surface area contributed by atoms with E-state index in [2.05, 4.69) is 4.99 Å². The van der Waals surface area contributed by atoms with Crippen LogP contribution in [0, 0.1) is 5.92 Å². The molecule has 0 aromatic carbocycles. The molecule has 0 aliphatic carbocycles. The number of carboxylic acids is 1. The van der Waals surface area contributed by atoms with E-state index in [0.29, 0.717) is 6.42 Å². The van der Waals surface area contributed by atoms with E-state index in [9.17, 15) is 4.79 Å². The van der Waals surface area contributed by atoms with Crippen LogP contribution in [0.3, 0.4) is 0 Å². The smallest absolute Gasteiger partial charge is 0.306 e. The summed E-state index contributed by atoms with van der Waals surface area (Å²) < 4.78 is 0. The molecule has 0 rings (SSSR count). The van der Waals surface area contributed by atoms with Crippen LogP contribution in [0.4, 0.5) is 0 Å². The molecule has 0 aromatic rings. The Labute approximate surface area is 54.4 Å². The van der Waals surface area contributed by atoms with Gasteiger partial charge in [0.15, 0.2) is 0 Å².